The second kappa shape index (κ2) is 7.34. The third kappa shape index (κ3) is 4.57. The Morgan fingerprint density at radius 2 is 1.47 bits per heavy atom. The van der Waals surface area contributed by atoms with Crippen LogP contribution in [0.2, 0.25) is 0 Å². The van der Waals surface area contributed by atoms with E-state index in [1.54, 1.807) is 0 Å². The maximum absolute atomic E-state index is 6.34. The number of hydrogen-bond acceptors (Lipinski definition) is 3. The van der Waals surface area contributed by atoms with Crippen molar-refractivity contribution >= 4 is 0 Å². The molecule has 1 aliphatic carbocycles. The molecule has 102 valence electrons. The minimum Gasteiger partial charge on any atom is -0.351 e. The molecule has 0 aromatic carbocycles. The first-order chi connectivity index (χ1) is 8.08. The number of rotatable bonds is 6. The molecule has 0 amide bonds. The van der Waals surface area contributed by atoms with Gasteiger partial charge in [0, 0.05) is 13.2 Å². The molecule has 2 N–H and O–H groups in total. The molecule has 3 atom stereocenters. The Hall–Kier alpha value is -0.120. The molecule has 3 nitrogen and oxygen atoms in total. The molecular formula is C14H29NO2. The summed E-state index contributed by atoms with van der Waals surface area (Å²) in [5.41, 5.74) is 6.34. The highest BCUT2D eigenvalue weighted by atomic mass is 16.7. The molecule has 1 rings (SSSR count). The smallest absolute Gasteiger partial charge is 0.172 e. The van der Waals surface area contributed by atoms with Gasteiger partial charge in [0.2, 0.25) is 0 Å². The van der Waals surface area contributed by atoms with E-state index in [2.05, 4.69) is 13.8 Å². The van der Waals surface area contributed by atoms with E-state index < -0.39 is 0 Å². The zero-order valence-corrected chi connectivity index (χ0v) is 11.8. The summed E-state index contributed by atoms with van der Waals surface area (Å²) in [6.07, 6.45) is 3.52. The number of hydrogen-bond donors (Lipinski definition) is 1. The lowest BCUT2D eigenvalue weighted by Gasteiger charge is -2.37. The van der Waals surface area contributed by atoms with Gasteiger partial charge in [0.25, 0.3) is 0 Å². The van der Waals surface area contributed by atoms with Crippen LogP contribution >= 0.6 is 0 Å². The Balaban J connectivity index is 2.55. The first-order valence-corrected chi connectivity index (χ1v) is 7.07. The highest BCUT2D eigenvalue weighted by molar-refractivity contribution is 4.83. The summed E-state index contributed by atoms with van der Waals surface area (Å²) in [6.45, 7) is 9.96. The first-order valence-electron chi connectivity index (χ1n) is 7.07. The van der Waals surface area contributed by atoms with Crippen LogP contribution in [0.1, 0.15) is 47.0 Å². The van der Waals surface area contributed by atoms with Gasteiger partial charge in [-0.3, -0.25) is 0 Å². The fraction of sp³-hybridized carbons (Fsp3) is 1.00. The van der Waals surface area contributed by atoms with Gasteiger partial charge in [-0.25, -0.2) is 0 Å². The normalized spacial score (nSPS) is 31.8. The summed E-state index contributed by atoms with van der Waals surface area (Å²) in [4.78, 5) is 0. The van der Waals surface area contributed by atoms with Crippen LogP contribution in [0.5, 0.6) is 0 Å². The van der Waals surface area contributed by atoms with Crippen LogP contribution in [0.4, 0.5) is 0 Å². The Morgan fingerprint density at radius 3 is 1.88 bits per heavy atom. The average molecular weight is 243 g/mol. The molecule has 0 radical (unpaired) electrons. The van der Waals surface area contributed by atoms with Crippen LogP contribution in [0.3, 0.4) is 0 Å². The van der Waals surface area contributed by atoms with E-state index in [0.717, 1.165) is 11.8 Å². The molecule has 1 fully saturated rings. The minimum atomic E-state index is -0.229. The van der Waals surface area contributed by atoms with E-state index >= 15 is 0 Å². The summed E-state index contributed by atoms with van der Waals surface area (Å²) in [6, 6.07) is 0.0140. The van der Waals surface area contributed by atoms with Crippen molar-refractivity contribution in [3.8, 4) is 0 Å². The van der Waals surface area contributed by atoms with Crippen molar-refractivity contribution in [2.45, 2.75) is 59.3 Å². The van der Waals surface area contributed by atoms with Gasteiger partial charge in [-0.1, -0.05) is 13.8 Å². The predicted molar refractivity (Wildman–Crippen MR) is 70.7 cm³/mol. The van der Waals surface area contributed by atoms with E-state index in [9.17, 15) is 0 Å². The summed E-state index contributed by atoms with van der Waals surface area (Å²) < 4.78 is 11.2. The lowest BCUT2D eigenvalue weighted by molar-refractivity contribution is -0.159. The number of ether oxygens (including phenoxy) is 2. The third-order valence-corrected chi connectivity index (χ3v) is 3.74. The van der Waals surface area contributed by atoms with Gasteiger partial charge in [-0.15, -0.1) is 0 Å². The second-order valence-corrected chi connectivity index (χ2v) is 5.53. The third-order valence-electron chi connectivity index (χ3n) is 3.74. The monoisotopic (exact) mass is 243 g/mol. The SMILES string of the molecule is CCOC(OCC)C(N)C1CC(C)CC(C)C1. The number of nitrogens with two attached hydrogens (primary N) is 1. The highest BCUT2D eigenvalue weighted by Gasteiger charge is 2.33. The van der Waals surface area contributed by atoms with E-state index in [4.69, 9.17) is 15.2 Å². The first kappa shape index (κ1) is 14.9. The fourth-order valence-electron chi connectivity index (χ4n) is 3.14. The highest BCUT2D eigenvalue weighted by Crippen LogP contribution is 2.35. The molecule has 3 unspecified atom stereocenters. The van der Waals surface area contributed by atoms with E-state index in [1.807, 2.05) is 13.8 Å². The van der Waals surface area contributed by atoms with Crippen molar-refractivity contribution in [2.24, 2.45) is 23.5 Å². The fourth-order valence-corrected chi connectivity index (χ4v) is 3.14. The van der Waals surface area contributed by atoms with Crippen LogP contribution in [0.25, 0.3) is 0 Å². The molecule has 0 aromatic rings. The van der Waals surface area contributed by atoms with Crippen molar-refractivity contribution in [2.75, 3.05) is 13.2 Å². The Morgan fingerprint density at radius 1 is 1.00 bits per heavy atom. The van der Waals surface area contributed by atoms with Crippen LogP contribution < -0.4 is 5.73 Å². The predicted octanol–water partition coefficient (Wildman–Crippen LogP) is 2.79. The molecule has 0 aliphatic heterocycles. The topological polar surface area (TPSA) is 44.5 Å². The molecule has 17 heavy (non-hydrogen) atoms. The Labute approximate surface area is 106 Å². The maximum atomic E-state index is 6.34. The maximum Gasteiger partial charge on any atom is 0.172 e. The van der Waals surface area contributed by atoms with Crippen LogP contribution in [-0.2, 0) is 9.47 Å². The van der Waals surface area contributed by atoms with Gasteiger partial charge in [-0.2, -0.15) is 0 Å². The Bertz CT molecular complexity index is 194. The van der Waals surface area contributed by atoms with Crippen LogP contribution in [0.15, 0.2) is 0 Å². The van der Waals surface area contributed by atoms with Gasteiger partial charge >= 0.3 is 0 Å². The van der Waals surface area contributed by atoms with Gasteiger partial charge in [0.15, 0.2) is 6.29 Å². The van der Waals surface area contributed by atoms with Gasteiger partial charge in [-0.05, 0) is 50.9 Å². The summed E-state index contributed by atoms with van der Waals surface area (Å²) in [5.74, 6) is 2.09. The van der Waals surface area contributed by atoms with Crippen molar-refractivity contribution in [3.63, 3.8) is 0 Å². The zero-order valence-electron chi connectivity index (χ0n) is 11.8. The van der Waals surface area contributed by atoms with Crippen LogP contribution in [-0.4, -0.2) is 25.5 Å². The van der Waals surface area contributed by atoms with E-state index in [1.165, 1.54) is 19.3 Å². The molecule has 0 aromatic heterocycles. The lowest BCUT2D eigenvalue weighted by Crippen LogP contribution is -2.46. The lowest BCUT2D eigenvalue weighted by atomic mass is 9.74. The Kier molecular flexibility index (Phi) is 6.45. The van der Waals surface area contributed by atoms with Gasteiger partial charge in [0.1, 0.15) is 0 Å². The van der Waals surface area contributed by atoms with Crippen molar-refractivity contribution in [3.05, 3.63) is 0 Å². The zero-order chi connectivity index (χ0) is 12.8. The molecule has 0 spiro atoms. The van der Waals surface area contributed by atoms with Crippen LogP contribution in [0, 0.1) is 17.8 Å². The standard InChI is InChI=1S/C14H29NO2/c1-5-16-14(17-6-2)13(15)12-8-10(3)7-11(4)9-12/h10-14H,5-9,15H2,1-4H3. The quantitative estimate of drug-likeness (QED) is 0.730. The van der Waals surface area contributed by atoms with E-state index in [-0.39, 0.29) is 12.3 Å². The summed E-state index contributed by atoms with van der Waals surface area (Å²) >= 11 is 0. The molecule has 3 heteroatoms. The summed E-state index contributed by atoms with van der Waals surface area (Å²) in [7, 11) is 0. The largest absolute Gasteiger partial charge is 0.351 e. The summed E-state index contributed by atoms with van der Waals surface area (Å²) in [5, 5.41) is 0. The second-order valence-electron chi connectivity index (χ2n) is 5.53. The van der Waals surface area contributed by atoms with Gasteiger partial charge < -0.3 is 15.2 Å². The molecule has 0 heterocycles. The molecule has 1 saturated carbocycles. The molecule has 1 aliphatic rings. The molecular weight excluding hydrogens is 214 g/mol. The molecule has 0 bridgehead atoms. The average Bonchev–Trinajstić information content (AvgIpc) is 2.26. The van der Waals surface area contributed by atoms with Crippen molar-refractivity contribution in [1.82, 2.24) is 0 Å². The van der Waals surface area contributed by atoms with Gasteiger partial charge in [0.05, 0.1) is 6.04 Å². The minimum absolute atomic E-state index is 0.0140. The van der Waals surface area contributed by atoms with E-state index in [0.29, 0.717) is 19.1 Å². The van der Waals surface area contributed by atoms with Crippen molar-refractivity contribution < 1.29 is 9.47 Å². The van der Waals surface area contributed by atoms with Crippen molar-refractivity contribution in [1.29, 1.82) is 0 Å². The molecule has 0 saturated heterocycles.